The summed E-state index contributed by atoms with van der Waals surface area (Å²) in [5.74, 6) is -1.15. The van der Waals surface area contributed by atoms with Crippen LogP contribution in [0, 0.1) is 11.6 Å². The first-order chi connectivity index (χ1) is 6.69. The zero-order valence-electron chi connectivity index (χ0n) is 7.52. The summed E-state index contributed by atoms with van der Waals surface area (Å²) in [5.41, 5.74) is -0.00485. The van der Waals surface area contributed by atoms with Crippen molar-refractivity contribution in [3.05, 3.63) is 29.3 Å². The van der Waals surface area contributed by atoms with E-state index in [1.165, 1.54) is 7.11 Å². The summed E-state index contributed by atoms with van der Waals surface area (Å²) >= 11 is 2.99. The van der Waals surface area contributed by atoms with Crippen molar-refractivity contribution in [3.63, 3.8) is 0 Å². The van der Waals surface area contributed by atoms with Crippen LogP contribution in [0.3, 0.4) is 0 Å². The molecule has 0 spiro atoms. The quantitative estimate of drug-likeness (QED) is 0.617. The maximum absolute atomic E-state index is 13.1. The van der Waals surface area contributed by atoms with Gasteiger partial charge in [0.05, 0.1) is 0 Å². The van der Waals surface area contributed by atoms with Crippen LogP contribution in [0.15, 0.2) is 12.1 Å². The molecular formula is C9H9BrF2O2. The number of rotatable bonds is 4. The number of benzene rings is 1. The highest BCUT2D eigenvalue weighted by Gasteiger charge is 2.10. The van der Waals surface area contributed by atoms with Crippen molar-refractivity contribution in [2.24, 2.45) is 0 Å². The van der Waals surface area contributed by atoms with Gasteiger partial charge in [-0.1, -0.05) is 15.9 Å². The third kappa shape index (κ3) is 2.65. The van der Waals surface area contributed by atoms with Crippen LogP contribution in [0.5, 0.6) is 5.75 Å². The van der Waals surface area contributed by atoms with Gasteiger partial charge in [0, 0.05) is 30.1 Å². The third-order valence-electron chi connectivity index (χ3n) is 1.59. The summed E-state index contributed by atoms with van der Waals surface area (Å²) in [7, 11) is 1.43. The molecule has 1 aromatic rings. The maximum Gasteiger partial charge on any atom is 0.188 e. The second-order valence-electron chi connectivity index (χ2n) is 2.55. The summed E-state index contributed by atoms with van der Waals surface area (Å²) in [4.78, 5) is 0. The third-order valence-corrected chi connectivity index (χ3v) is 2.15. The zero-order chi connectivity index (χ0) is 10.6. The molecular weight excluding hydrogens is 258 g/mol. The van der Waals surface area contributed by atoms with E-state index in [2.05, 4.69) is 20.7 Å². The zero-order valence-corrected chi connectivity index (χ0v) is 9.11. The van der Waals surface area contributed by atoms with Crippen LogP contribution < -0.4 is 4.74 Å². The van der Waals surface area contributed by atoms with Crippen LogP contribution in [0.2, 0.25) is 0 Å². The second kappa shape index (κ2) is 5.26. The van der Waals surface area contributed by atoms with E-state index in [0.29, 0.717) is 0 Å². The van der Waals surface area contributed by atoms with E-state index in [0.717, 1.165) is 12.1 Å². The molecule has 0 saturated heterocycles. The predicted octanol–water partition coefficient (Wildman–Crippen LogP) is 2.84. The Labute approximate surface area is 89.0 Å². The second-order valence-corrected chi connectivity index (χ2v) is 3.11. The molecule has 5 heteroatoms. The van der Waals surface area contributed by atoms with Gasteiger partial charge < -0.3 is 9.47 Å². The maximum atomic E-state index is 13.1. The molecule has 0 amide bonds. The molecule has 0 heterocycles. The average Bonchev–Trinajstić information content (AvgIpc) is 2.14. The van der Waals surface area contributed by atoms with E-state index in [4.69, 9.17) is 4.74 Å². The summed E-state index contributed by atoms with van der Waals surface area (Å²) < 4.78 is 35.8. The molecule has 0 N–H and O–H groups in total. The largest absolute Gasteiger partial charge is 0.467 e. The topological polar surface area (TPSA) is 18.5 Å². The lowest BCUT2D eigenvalue weighted by Gasteiger charge is -2.07. The first-order valence-corrected chi connectivity index (χ1v) is 4.96. The van der Waals surface area contributed by atoms with Gasteiger partial charge in [-0.2, -0.15) is 0 Å². The van der Waals surface area contributed by atoms with Crippen molar-refractivity contribution < 1.29 is 18.3 Å². The smallest absolute Gasteiger partial charge is 0.188 e. The van der Waals surface area contributed by atoms with E-state index < -0.39 is 11.6 Å². The number of hydrogen-bond donors (Lipinski definition) is 0. The lowest BCUT2D eigenvalue weighted by Crippen LogP contribution is -2.01. The number of alkyl halides is 1. The molecule has 0 bridgehead atoms. The van der Waals surface area contributed by atoms with Crippen molar-refractivity contribution in [1.82, 2.24) is 0 Å². The normalized spacial score (nSPS) is 10.3. The SMILES string of the molecule is COCOc1cc(F)c(CBr)c(F)c1. The number of methoxy groups -OCH3 is 1. The van der Waals surface area contributed by atoms with Crippen molar-refractivity contribution >= 4 is 15.9 Å². The van der Waals surface area contributed by atoms with Gasteiger partial charge in [-0.3, -0.25) is 0 Å². The van der Waals surface area contributed by atoms with Crippen molar-refractivity contribution in [2.75, 3.05) is 13.9 Å². The molecule has 1 rings (SSSR count). The van der Waals surface area contributed by atoms with Gasteiger partial charge in [0.15, 0.2) is 6.79 Å². The molecule has 78 valence electrons. The van der Waals surface area contributed by atoms with Gasteiger partial charge in [-0.25, -0.2) is 8.78 Å². The number of hydrogen-bond acceptors (Lipinski definition) is 2. The Bertz CT molecular complexity index is 295. The Balaban J connectivity index is 2.90. The lowest BCUT2D eigenvalue weighted by molar-refractivity contribution is 0.0506. The van der Waals surface area contributed by atoms with Gasteiger partial charge in [-0.15, -0.1) is 0 Å². The van der Waals surface area contributed by atoms with Gasteiger partial charge in [0.25, 0.3) is 0 Å². The number of ether oxygens (including phenoxy) is 2. The summed E-state index contributed by atoms with van der Waals surface area (Å²) in [6.07, 6.45) is 0. The van der Waals surface area contributed by atoms with Crippen molar-refractivity contribution in [1.29, 1.82) is 0 Å². The Morgan fingerprint density at radius 1 is 1.29 bits per heavy atom. The molecule has 0 aliphatic heterocycles. The summed E-state index contributed by atoms with van der Waals surface area (Å²) in [6, 6.07) is 2.25. The minimum atomic E-state index is -0.632. The number of halogens is 3. The first-order valence-electron chi connectivity index (χ1n) is 3.84. The predicted molar refractivity (Wildman–Crippen MR) is 51.5 cm³/mol. The fourth-order valence-electron chi connectivity index (χ4n) is 0.918. The summed E-state index contributed by atoms with van der Waals surface area (Å²) in [5, 5.41) is 0.134. The van der Waals surface area contributed by atoms with Crippen molar-refractivity contribution in [2.45, 2.75) is 5.33 Å². The molecule has 0 unspecified atom stereocenters. The highest BCUT2D eigenvalue weighted by atomic mass is 79.9. The van der Waals surface area contributed by atoms with E-state index in [1.807, 2.05) is 0 Å². The van der Waals surface area contributed by atoms with Crippen LogP contribution in [-0.2, 0) is 10.1 Å². The average molecular weight is 267 g/mol. The van der Waals surface area contributed by atoms with Gasteiger partial charge in [-0.05, 0) is 0 Å². The van der Waals surface area contributed by atoms with Crippen LogP contribution >= 0.6 is 15.9 Å². The Morgan fingerprint density at radius 2 is 1.86 bits per heavy atom. The highest BCUT2D eigenvalue weighted by Crippen LogP contribution is 2.22. The van der Waals surface area contributed by atoms with Crippen LogP contribution in [0.1, 0.15) is 5.56 Å². The standard InChI is InChI=1S/C9H9BrF2O2/c1-13-5-14-6-2-8(11)7(4-10)9(12)3-6/h2-3H,4-5H2,1H3. The van der Waals surface area contributed by atoms with Crippen LogP contribution in [0.25, 0.3) is 0 Å². The molecule has 0 aromatic heterocycles. The minimum Gasteiger partial charge on any atom is -0.467 e. The lowest BCUT2D eigenvalue weighted by atomic mass is 10.2. The van der Waals surface area contributed by atoms with E-state index in [9.17, 15) is 8.78 Å². The molecule has 0 saturated carbocycles. The molecule has 0 fully saturated rings. The monoisotopic (exact) mass is 266 g/mol. The fraction of sp³-hybridized carbons (Fsp3) is 0.333. The first kappa shape index (κ1) is 11.4. The van der Waals surface area contributed by atoms with E-state index >= 15 is 0 Å². The summed E-state index contributed by atoms with van der Waals surface area (Å²) in [6.45, 7) is -0.0352. The van der Waals surface area contributed by atoms with E-state index in [1.54, 1.807) is 0 Å². The molecule has 0 radical (unpaired) electrons. The Hall–Kier alpha value is -0.680. The molecule has 2 nitrogen and oxygen atoms in total. The minimum absolute atomic E-state index is 0.00485. The molecule has 14 heavy (non-hydrogen) atoms. The van der Waals surface area contributed by atoms with Gasteiger partial charge in [0.2, 0.25) is 0 Å². The van der Waals surface area contributed by atoms with Gasteiger partial charge in [0.1, 0.15) is 17.4 Å². The Kier molecular flexibility index (Phi) is 4.28. The fourth-order valence-corrected chi connectivity index (χ4v) is 1.45. The molecule has 0 aliphatic rings. The Morgan fingerprint density at radius 3 is 2.29 bits per heavy atom. The van der Waals surface area contributed by atoms with Crippen LogP contribution in [0.4, 0.5) is 8.78 Å². The van der Waals surface area contributed by atoms with Gasteiger partial charge >= 0.3 is 0 Å². The molecule has 0 aliphatic carbocycles. The molecule has 0 atom stereocenters. The highest BCUT2D eigenvalue weighted by molar-refractivity contribution is 9.08. The van der Waals surface area contributed by atoms with Crippen LogP contribution in [-0.4, -0.2) is 13.9 Å². The van der Waals surface area contributed by atoms with Crippen molar-refractivity contribution in [3.8, 4) is 5.75 Å². The van der Waals surface area contributed by atoms with E-state index in [-0.39, 0.29) is 23.4 Å². The molecule has 1 aromatic carbocycles.